The number of aliphatic hydroxyl groups excluding tert-OH is 1. The van der Waals surface area contributed by atoms with Crippen LogP contribution in [0.25, 0.3) is 11.4 Å². The molecule has 0 bridgehead atoms. The third kappa shape index (κ3) is 4.16. The van der Waals surface area contributed by atoms with Crippen molar-refractivity contribution >= 4 is 11.6 Å². The minimum absolute atomic E-state index is 0.168. The molecule has 0 radical (unpaired) electrons. The topological polar surface area (TPSA) is 70.1 Å². The predicted octanol–water partition coefficient (Wildman–Crippen LogP) is 2.76. The predicted molar refractivity (Wildman–Crippen MR) is 86.4 cm³/mol. The molecule has 0 amide bonds. The Hall–Kier alpha value is -2.14. The highest BCUT2D eigenvalue weighted by Crippen LogP contribution is 2.20. The van der Waals surface area contributed by atoms with Gasteiger partial charge in [0, 0.05) is 31.3 Å². The summed E-state index contributed by atoms with van der Waals surface area (Å²) in [5.41, 5.74) is 0.979. The van der Waals surface area contributed by atoms with E-state index in [0.717, 1.165) is 23.6 Å². The summed E-state index contributed by atoms with van der Waals surface area (Å²) in [6.07, 6.45) is 1.64. The van der Waals surface area contributed by atoms with Crippen LogP contribution >= 0.6 is 0 Å². The number of anilines is 2. The normalized spacial score (nSPS) is 12.0. The Balaban J connectivity index is 2.29. The van der Waals surface area contributed by atoms with Gasteiger partial charge in [0.2, 0.25) is 0 Å². The lowest BCUT2D eigenvalue weighted by Crippen LogP contribution is -2.21. The first-order valence-corrected chi connectivity index (χ1v) is 7.26. The summed E-state index contributed by atoms with van der Waals surface area (Å²) in [6.45, 7) is 2.26. The van der Waals surface area contributed by atoms with Crippen LogP contribution in [-0.4, -0.2) is 34.8 Å². The number of aromatic nitrogens is 2. The molecule has 1 aromatic heterocycles. The average molecular weight is 286 g/mol. The van der Waals surface area contributed by atoms with Crippen molar-refractivity contribution < 1.29 is 5.11 Å². The lowest BCUT2D eigenvalue weighted by Gasteiger charge is -2.17. The molecule has 1 unspecified atom stereocenters. The van der Waals surface area contributed by atoms with Crippen molar-refractivity contribution in [2.75, 3.05) is 24.3 Å². The lowest BCUT2D eigenvalue weighted by atomic mass is 10.1. The van der Waals surface area contributed by atoms with Gasteiger partial charge in [0.25, 0.3) is 0 Å². The first kappa shape index (κ1) is 15.3. The van der Waals surface area contributed by atoms with Crippen LogP contribution in [0.1, 0.15) is 19.8 Å². The summed E-state index contributed by atoms with van der Waals surface area (Å²) < 4.78 is 0. The average Bonchev–Trinajstić information content (AvgIpc) is 2.55. The maximum absolute atomic E-state index is 9.09. The van der Waals surface area contributed by atoms with Gasteiger partial charge in [-0.1, -0.05) is 37.3 Å². The van der Waals surface area contributed by atoms with E-state index in [0.29, 0.717) is 12.2 Å². The number of nitrogens with one attached hydrogen (secondary N) is 2. The van der Waals surface area contributed by atoms with Crippen molar-refractivity contribution in [2.24, 2.45) is 0 Å². The van der Waals surface area contributed by atoms with Gasteiger partial charge in [0.05, 0.1) is 0 Å². The maximum atomic E-state index is 9.09. The van der Waals surface area contributed by atoms with Crippen molar-refractivity contribution in [3.8, 4) is 11.4 Å². The second kappa shape index (κ2) is 7.59. The van der Waals surface area contributed by atoms with E-state index < -0.39 is 0 Å². The highest BCUT2D eigenvalue weighted by molar-refractivity contribution is 5.61. The molecule has 2 rings (SSSR count). The standard InChI is InChI=1S/C16H22N4O/c1-3-13(9-10-21)18-15-11-14(17-2)19-16(20-15)12-7-5-4-6-8-12/h4-8,11,13,21H,3,9-10H2,1-2H3,(H2,17,18,19,20). The van der Waals surface area contributed by atoms with Crippen molar-refractivity contribution in [1.82, 2.24) is 9.97 Å². The summed E-state index contributed by atoms with van der Waals surface area (Å²) >= 11 is 0. The number of rotatable bonds is 7. The van der Waals surface area contributed by atoms with Crippen LogP contribution in [0.2, 0.25) is 0 Å². The number of aliphatic hydroxyl groups is 1. The lowest BCUT2D eigenvalue weighted by molar-refractivity contribution is 0.278. The monoisotopic (exact) mass is 286 g/mol. The van der Waals surface area contributed by atoms with Gasteiger partial charge in [-0.3, -0.25) is 0 Å². The van der Waals surface area contributed by atoms with Gasteiger partial charge in [0.1, 0.15) is 11.6 Å². The van der Waals surface area contributed by atoms with E-state index >= 15 is 0 Å². The van der Waals surface area contributed by atoms with Gasteiger partial charge in [-0.25, -0.2) is 9.97 Å². The molecule has 0 fully saturated rings. The van der Waals surface area contributed by atoms with Crippen molar-refractivity contribution in [1.29, 1.82) is 0 Å². The summed E-state index contributed by atoms with van der Waals surface area (Å²) in [6, 6.07) is 12.0. The Kier molecular flexibility index (Phi) is 5.51. The smallest absolute Gasteiger partial charge is 0.163 e. The van der Waals surface area contributed by atoms with E-state index in [1.807, 2.05) is 43.4 Å². The van der Waals surface area contributed by atoms with Crippen LogP contribution in [0, 0.1) is 0 Å². The second-order valence-electron chi connectivity index (χ2n) is 4.84. The second-order valence-corrected chi connectivity index (χ2v) is 4.84. The van der Waals surface area contributed by atoms with Crippen LogP contribution in [0.15, 0.2) is 36.4 Å². The fraction of sp³-hybridized carbons (Fsp3) is 0.375. The maximum Gasteiger partial charge on any atom is 0.163 e. The fourth-order valence-corrected chi connectivity index (χ4v) is 2.11. The SMILES string of the molecule is CCC(CCO)Nc1cc(NC)nc(-c2ccccc2)n1. The van der Waals surface area contributed by atoms with Crippen LogP contribution in [0.4, 0.5) is 11.6 Å². The molecule has 0 aliphatic carbocycles. The Morgan fingerprint density at radius 1 is 1.14 bits per heavy atom. The van der Waals surface area contributed by atoms with Gasteiger partial charge in [-0.2, -0.15) is 0 Å². The Morgan fingerprint density at radius 3 is 2.48 bits per heavy atom. The van der Waals surface area contributed by atoms with Gasteiger partial charge < -0.3 is 15.7 Å². The zero-order valence-corrected chi connectivity index (χ0v) is 12.5. The molecule has 1 aromatic carbocycles. The molecule has 1 atom stereocenters. The fourth-order valence-electron chi connectivity index (χ4n) is 2.11. The van der Waals surface area contributed by atoms with Crippen molar-refractivity contribution in [3.63, 3.8) is 0 Å². The molecule has 112 valence electrons. The zero-order valence-electron chi connectivity index (χ0n) is 12.5. The van der Waals surface area contributed by atoms with Crippen LogP contribution in [-0.2, 0) is 0 Å². The van der Waals surface area contributed by atoms with Gasteiger partial charge >= 0.3 is 0 Å². The number of benzene rings is 1. The molecular formula is C16H22N4O. The van der Waals surface area contributed by atoms with Crippen LogP contribution in [0.3, 0.4) is 0 Å². The minimum atomic E-state index is 0.168. The molecule has 0 saturated heterocycles. The number of hydrogen-bond donors (Lipinski definition) is 3. The highest BCUT2D eigenvalue weighted by Gasteiger charge is 2.10. The number of hydrogen-bond acceptors (Lipinski definition) is 5. The molecule has 21 heavy (non-hydrogen) atoms. The minimum Gasteiger partial charge on any atom is -0.396 e. The van der Waals surface area contributed by atoms with Gasteiger partial charge in [0.15, 0.2) is 5.82 Å². The third-order valence-corrected chi connectivity index (χ3v) is 3.34. The zero-order chi connectivity index (χ0) is 15.1. The van der Waals surface area contributed by atoms with E-state index in [-0.39, 0.29) is 12.6 Å². The van der Waals surface area contributed by atoms with Crippen molar-refractivity contribution in [2.45, 2.75) is 25.8 Å². The molecule has 0 spiro atoms. The Morgan fingerprint density at radius 2 is 1.86 bits per heavy atom. The molecule has 3 N–H and O–H groups in total. The Bertz CT molecular complexity index is 559. The van der Waals surface area contributed by atoms with E-state index in [9.17, 15) is 0 Å². The largest absolute Gasteiger partial charge is 0.396 e. The molecular weight excluding hydrogens is 264 g/mol. The summed E-state index contributed by atoms with van der Waals surface area (Å²) in [4.78, 5) is 9.07. The van der Waals surface area contributed by atoms with E-state index in [4.69, 9.17) is 5.11 Å². The third-order valence-electron chi connectivity index (χ3n) is 3.34. The summed E-state index contributed by atoms with van der Waals surface area (Å²) in [5.74, 6) is 2.22. The number of nitrogens with zero attached hydrogens (tertiary/aromatic N) is 2. The van der Waals surface area contributed by atoms with Crippen LogP contribution in [0.5, 0.6) is 0 Å². The van der Waals surface area contributed by atoms with Crippen molar-refractivity contribution in [3.05, 3.63) is 36.4 Å². The van der Waals surface area contributed by atoms with E-state index in [1.165, 1.54) is 0 Å². The first-order valence-electron chi connectivity index (χ1n) is 7.26. The molecule has 0 saturated carbocycles. The molecule has 5 heteroatoms. The molecule has 5 nitrogen and oxygen atoms in total. The highest BCUT2D eigenvalue weighted by atomic mass is 16.3. The molecule has 0 aliphatic heterocycles. The Labute approximate surface area is 125 Å². The van der Waals surface area contributed by atoms with Crippen LogP contribution < -0.4 is 10.6 Å². The quantitative estimate of drug-likeness (QED) is 0.730. The van der Waals surface area contributed by atoms with Gasteiger partial charge in [-0.05, 0) is 12.8 Å². The summed E-state index contributed by atoms with van der Waals surface area (Å²) in [7, 11) is 1.84. The van der Waals surface area contributed by atoms with Gasteiger partial charge in [-0.15, -0.1) is 0 Å². The van der Waals surface area contributed by atoms with E-state index in [1.54, 1.807) is 0 Å². The molecule has 1 heterocycles. The summed E-state index contributed by atoms with van der Waals surface area (Å²) in [5, 5.41) is 15.5. The molecule has 2 aromatic rings. The first-order chi connectivity index (χ1) is 10.3. The van der Waals surface area contributed by atoms with E-state index in [2.05, 4.69) is 27.5 Å². The molecule has 0 aliphatic rings.